The fourth-order valence-electron chi connectivity index (χ4n) is 2.36. The number of hydrogen-bond acceptors (Lipinski definition) is 4. The van der Waals surface area contributed by atoms with Crippen molar-refractivity contribution in [1.29, 1.82) is 0 Å². The van der Waals surface area contributed by atoms with Gasteiger partial charge in [0.25, 0.3) is 0 Å². The highest BCUT2D eigenvalue weighted by atomic mass is 35.5. The maximum Gasteiger partial charge on any atom is 0.242 e. The number of likely N-dealkylation sites (tertiary alicyclic amines) is 1. The van der Waals surface area contributed by atoms with Gasteiger partial charge in [0.1, 0.15) is 9.88 Å². The van der Waals surface area contributed by atoms with Crippen LogP contribution in [0.3, 0.4) is 0 Å². The molecule has 0 amide bonds. The van der Waals surface area contributed by atoms with E-state index >= 15 is 0 Å². The summed E-state index contributed by atoms with van der Waals surface area (Å²) >= 11 is 10.9. The maximum absolute atomic E-state index is 12.4. The number of nitrogens with one attached hydrogen (secondary N) is 1. The number of benzene rings is 1. The highest BCUT2D eigenvalue weighted by Crippen LogP contribution is 2.23. The van der Waals surface area contributed by atoms with E-state index in [2.05, 4.69) is 9.62 Å². The molecule has 1 aliphatic rings. The summed E-state index contributed by atoms with van der Waals surface area (Å²) in [5.74, 6) is 0.322. The number of halogens is 1. The van der Waals surface area contributed by atoms with Gasteiger partial charge in [-0.2, -0.15) is 0 Å². The van der Waals surface area contributed by atoms with Crippen LogP contribution >= 0.6 is 23.8 Å². The van der Waals surface area contributed by atoms with Crippen molar-refractivity contribution in [2.75, 3.05) is 26.7 Å². The van der Waals surface area contributed by atoms with Crippen molar-refractivity contribution in [2.45, 2.75) is 11.3 Å². The Morgan fingerprint density at radius 3 is 2.86 bits per heavy atom. The van der Waals surface area contributed by atoms with Gasteiger partial charge in [-0.3, -0.25) is 0 Å². The number of rotatable bonds is 5. The lowest BCUT2D eigenvalue weighted by atomic mass is 10.1. The van der Waals surface area contributed by atoms with Gasteiger partial charge in [0.05, 0.1) is 5.02 Å². The molecule has 1 saturated heterocycles. The Hall–Kier alpha value is -0.730. The minimum absolute atomic E-state index is 0.0146. The Bertz CT molecular complexity index is 649. The van der Waals surface area contributed by atoms with Crippen LogP contribution in [0.25, 0.3) is 0 Å². The molecule has 1 atom stereocenters. The van der Waals surface area contributed by atoms with Crippen LogP contribution in [-0.4, -0.2) is 45.0 Å². The van der Waals surface area contributed by atoms with E-state index in [9.17, 15) is 8.42 Å². The lowest BCUT2D eigenvalue weighted by Gasteiger charge is -2.13. The topological polar surface area (TPSA) is 75.4 Å². The second kappa shape index (κ2) is 6.58. The molecule has 1 fully saturated rings. The van der Waals surface area contributed by atoms with Crippen LogP contribution in [0.5, 0.6) is 0 Å². The largest absolute Gasteiger partial charge is 0.389 e. The highest BCUT2D eigenvalue weighted by molar-refractivity contribution is 7.89. The van der Waals surface area contributed by atoms with E-state index in [0.29, 0.717) is 18.0 Å². The van der Waals surface area contributed by atoms with E-state index in [4.69, 9.17) is 29.6 Å². The molecule has 0 bridgehead atoms. The smallest absolute Gasteiger partial charge is 0.242 e. The summed E-state index contributed by atoms with van der Waals surface area (Å²) in [5, 5.41) is 0.158. The third kappa shape index (κ3) is 4.14. The van der Waals surface area contributed by atoms with Crippen molar-refractivity contribution in [1.82, 2.24) is 9.62 Å². The van der Waals surface area contributed by atoms with Crippen molar-refractivity contribution >= 4 is 38.8 Å². The number of nitrogens with two attached hydrogens (primary N) is 1. The van der Waals surface area contributed by atoms with Gasteiger partial charge < -0.3 is 10.6 Å². The summed E-state index contributed by atoms with van der Waals surface area (Å²) in [7, 11) is -1.64. The molecule has 1 heterocycles. The molecule has 8 heteroatoms. The van der Waals surface area contributed by atoms with Crippen molar-refractivity contribution in [3.63, 3.8) is 0 Å². The Morgan fingerprint density at radius 1 is 1.57 bits per heavy atom. The second-order valence-electron chi connectivity index (χ2n) is 5.28. The molecule has 1 unspecified atom stereocenters. The summed E-state index contributed by atoms with van der Waals surface area (Å²) in [6, 6.07) is 4.51. The van der Waals surface area contributed by atoms with Gasteiger partial charge in [0, 0.05) is 18.7 Å². The van der Waals surface area contributed by atoms with E-state index < -0.39 is 10.0 Å². The molecule has 1 aliphatic heterocycles. The first-order chi connectivity index (χ1) is 9.79. The van der Waals surface area contributed by atoms with Crippen LogP contribution in [0.2, 0.25) is 5.02 Å². The lowest BCUT2D eigenvalue weighted by molar-refractivity contribution is 0.394. The monoisotopic (exact) mass is 347 g/mol. The Kier molecular flexibility index (Phi) is 5.21. The van der Waals surface area contributed by atoms with Crippen LogP contribution in [0, 0.1) is 5.92 Å². The van der Waals surface area contributed by atoms with Crippen LogP contribution in [0.4, 0.5) is 0 Å². The molecule has 1 aromatic rings. The first kappa shape index (κ1) is 16.6. The fraction of sp³-hybridized carbons (Fsp3) is 0.462. The maximum atomic E-state index is 12.4. The molecule has 5 nitrogen and oxygen atoms in total. The van der Waals surface area contributed by atoms with E-state index in [1.165, 1.54) is 12.1 Å². The first-order valence-electron chi connectivity index (χ1n) is 6.57. The molecule has 21 heavy (non-hydrogen) atoms. The molecular formula is C13H18ClN3O2S2. The molecular weight excluding hydrogens is 330 g/mol. The highest BCUT2D eigenvalue weighted by Gasteiger charge is 2.24. The average Bonchev–Trinajstić information content (AvgIpc) is 2.82. The van der Waals surface area contributed by atoms with Crippen LogP contribution in [-0.2, 0) is 10.0 Å². The van der Waals surface area contributed by atoms with E-state index in [1.807, 2.05) is 7.05 Å². The van der Waals surface area contributed by atoms with E-state index in [0.717, 1.165) is 19.5 Å². The Balaban J connectivity index is 2.15. The standard InChI is InChI=1S/C13H18ClN3O2S2/c1-17-5-4-9(8-17)7-16-21(18,19)12-6-10(13(15)20)2-3-11(12)14/h2-3,6,9,16H,4-5,7-8H2,1H3,(H2,15,20). The number of hydrogen-bond donors (Lipinski definition) is 2. The molecule has 0 spiro atoms. The lowest BCUT2D eigenvalue weighted by Crippen LogP contribution is -2.31. The summed E-state index contributed by atoms with van der Waals surface area (Å²) in [5.41, 5.74) is 6.01. The van der Waals surface area contributed by atoms with Gasteiger partial charge in [0.2, 0.25) is 10.0 Å². The van der Waals surface area contributed by atoms with Gasteiger partial charge in [0.15, 0.2) is 0 Å². The zero-order valence-corrected chi connectivity index (χ0v) is 14.1. The second-order valence-corrected chi connectivity index (χ2v) is 7.86. The molecule has 0 saturated carbocycles. The zero-order valence-electron chi connectivity index (χ0n) is 11.7. The van der Waals surface area contributed by atoms with Crippen molar-refractivity contribution in [2.24, 2.45) is 11.7 Å². The Morgan fingerprint density at radius 2 is 2.29 bits per heavy atom. The van der Waals surface area contributed by atoms with Crippen molar-refractivity contribution in [3.8, 4) is 0 Å². The molecule has 0 aliphatic carbocycles. The third-order valence-corrected chi connectivity index (χ3v) is 5.70. The van der Waals surface area contributed by atoms with Crippen LogP contribution in [0.15, 0.2) is 23.1 Å². The normalized spacial score (nSPS) is 19.8. The number of nitrogens with zero attached hydrogens (tertiary/aromatic N) is 1. The number of sulfonamides is 1. The third-order valence-electron chi connectivity index (χ3n) is 3.56. The van der Waals surface area contributed by atoms with E-state index in [-0.39, 0.29) is 14.9 Å². The minimum Gasteiger partial charge on any atom is -0.389 e. The van der Waals surface area contributed by atoms with E-state index in [1.54, 1.807) is 6.07 Å². The molecule has 3 N–H and O–H groups in total. The van der Waals surface area contributed by atoms with Crippen molar-refractivity contribution in [3.05, 3.63) is 28.8 Å². The molecule has 1 aromatic carbocycles. The van der Waals surface area contributed by atoms with Crippen LogP contribution < -0.4 is 10.5 Å². The minimum atomic E-state index is -3.67. The summed E-state index contributed by atoms with van der Waals surface area (Å²) in [6.45, 7) is 2.29. The molecule has 0 aromatic heterocycles. The van der Waals surface area contributed by atoms with Gasteiger partial charge in [-0.05, 0) is 38.1 Å². The predicted octanol–water partition coefficient (Wildman–Crippen LogP) is 1.20. The van der Waals surface area contributed by atoms with Crippen LogP contribution in [0.1, 0.15) is 12.0 Å². The fourth-order valence-corrected chi connectivity index (χ4v) is 4.13. The SMILES string of the molecule is CN1CCC(CNS(=O)(=O)c2cc(C(N)=S)ccc2Cl)C1. The molecule has 0 radical (unpaired) electrons. The number of thiocarbonyl (C=S) groups is 1. The van der Waals surface area contributed by atoms with Gasteiger partial charge in [-0.1, -0.05) is 29.9 Å². The van der Waals surface area contributed by atoms with Gasteiger partial charge >= 0.3 is 0 Å². The first-order valence-corrected chi connectivity index (χ1v) is 8.84. The summed E-state index contributed by atoms with van der Waals surface area (Å²) in [6.07, 6.45) is 0.986. The van der Waals surface area contributed by atoms with Gasteiger partial charge in [-0.25, -0.2) is 13.1 Å². The summed E-state index contributed by atoms with van der Waals surface area (Å²) < 4.78 is 27.4. The zero-order chi connectivity index (χ0) is 15.6. The Labute approximate surface area is 135 Å². The molecule has 116 valence electrons. The van der Waals surface area contributed by atoms with Gasteiger partial charge in [-0.15, -0.1) is 0 Å². The molecule has 2 rings (SSSR count). The predicted molar refractivity (Wildman–Crippen MR) is 88.1 cm³/mol. The average molecular weight is 348 g/mol. The summed E-state index contributed by atoms with van der Waals surface area (Å²) in [4.78, 5) is 2.33. The van der Waals surface area contributed by atoms with Crippen molar-refractivity contribution < 1.29 is 8.42 Å². The quantitative estimate of drug-likeness (QED) is 0.783.